The molecule has 0 saturated heterocycles. The normalized spacial score (nSPS) is 10.6. The molecule has 0 fully saturated rings. The molecule has 28 heavy (non-hydrogen) atoms. The quantitative estimate of drug-likeness (QED) is 0.155. The number of hydrogen-bond acceptors (Lipinski definition) is 5. The Labute approximate surface area is 175 Å². The van der Waals surface area contributed by atoms with Gasteiger partial charge in [0.1, 0.15) is 11.5 Å². The molecule has 0 heterocycles. The molecule has 0 aliphatic carbocycles. The summed E-state index contributed by atoms with van der Waals surface area (Å²) in [5.74, 6) is 1.26. The summed E-state index contributed by atoms with van der Waals surface area (Å²) in [7, 11) is 0. The van der Waals surface area contributed by atoms with Gasteiger partial charge >= 0.3 is 5.97 Å². The second kappa shape index (κ2) is 11.1. The number of carbonyl (C=O) groups excluding carboxylic acids is 2. The highest BCUT2D eigenvalue weighted by molar-refractivity contribution is 7.99. The molecule has 0 spiro atoms. The molecule has 0 bridgehead atoms. The zero-order valence-electron chi connectivity index (χ0n) is 16.4. The number of esters is 1. The smallest absolute Gasteiger partial charge is 0.308 e. The van der Waals surface area contributed by atoms with E-state index in [0.29, 0.717) is 30.1 Å². The van der Waals surface area contributed by atoms with E-state index in [-0.39, 0.29) is 5.78 Å². The fourth-order valence-corrected chi connectivity index (χ4v) is 3.92. The molecular weight excluding hydrogens is 396 g/mol. The predicted molar refractivity (Wildman–Crippen MR) is 114 cm³/mol. The molecule has 0 amide bonds. The van der Waals surface area contributed by atoms with Gasteiger partial charge in [-0.05, 0) is 44.0 Å². The summed E-state index contributed by atoms with van der Waals surface area (Å²) >= 11 is 7.86. The van der Waals surface area contributed by atoms with E-state index in [1.807, 2.05) is 31.2 Å². The van der Waals surface area contributed by atoms with Crippen LogP contribution in [0.4, 0.5) is 0 Å². The summed E-state index contributed by atoms with van der Waals surface area (Å²) in [6.45, 7) is 5.35. The third-order valence-corrected chi connectivity index (χ3v) is 5.58. The Balaban J connectivity index is 2.06. The largest absolute Gasteiger partial charge is 0.493 e. The van der Waals surface area contributed by atoms with Crippen molar-refractivity contribution in [2.75, 3.05) is 12.4 Å². The minimum Gasteiger partial charge on any atom is -0.493 e. The van der Waals surface area contributed by atoms with E-state index >= 15 is 0 Å². The Morgan fingerprint density at radius 2 is 1.86 bits per heavy atom. The van der Waals surface area contributed by atoms with Gasteiger partial charge < -0.3 is 9.47 Å². The van der Waals surface area contributed by atoms with Gasteiger partial charge in [-0.15, -0.1) is 11.8 Å². The third kappa shape index (κ3) is 6.28. The highest BCUT2D eigenvalue weighted by Gasteiger charge is 2.19. The summed E-state index contributed by atoms with van der Waals surface area (Å²) < 4.78 is 11.3. The summed E-state index contributed by atoms with van der Waals surface area (Å²) in [5, 5.41) is 0.754. The van der Waals surface area contributed by atoms with Gasteiger partial charge in [0.2, 0.25) is 0 Å². The van der Waals surface area contributed by atoms with E-state index in [1.165, 1.54) is 13.8 Å². The molecule has 150 valence electrons. The van der Waals surface area contributed by atoms with Crippen molar-refractivity contribution in [2.24, 2.45) is 0 Å². The van der Waals surface area contributed by atoms with Crippen molar-refractivity contribution in [3.8, 4) is 11.5 Å². The van der Waals surface area contributed by atoms with Gasteiger partial charge in [-0.3, -0.25) is 9.59 Å². The summed E-state index contributed by atoms with van der Waals surface area (Å²) in [5.41, 5.74) is 1.17. The van der Waals surface area contributed by atoms with Crippen molar-refractivity contribution < 1.29 is 19.1 Å². The first-order valence-corrected chi connectivity index (χ1v) is 10.7. The highest BCUT2D eigenvalue weighted by Crippen LogP contribution is 2.34. The number of hydrogen-bond donors (Lipinski definition) is 0. The first-order chi connectivity index (χ1) is 13.4. The Hall–Kier alpha value is -1.98. The van der Waals surface area contributed by atoms with Crippen LogP contribution in [0.5, 0.6) is 11.5 Å². The molecule has 0 aromatic heterocycles. The molecule has 2 aromatic carbocycles. The number of ether oxygens (including phenoxy) is 2. The monoisotopic (exact) mass is 420 g/mol. The maximum atomic E-state index is 11.9. The van der Waals surface area contributed by atoms with Crippen LogP contribution >= 0.6 is 23.4 Å². The first-order valence-electron chi connectivity index (χ1n) is 9.29. The van der Waals surface area contributed by atoms with Crippen LogP contribution < -0.4 is 9.47 Å². The van der Waals surface area contributed by atoms with Crippen LogP contribution in [0.3, 0.4) is 0 Å². The standard InChI is InChI=1S/C22H25ClO4S/c1-4-8-18-20(12-11-17(15(2)24)22(18)27-16(3)25)26-13-7-14-28-21-10-6-5-9-19(21)23/h5-6,9-12H,4,7-8,13-14H2,1-3H3. The Morgan fingerprint density at radius 1 is 1.11 bits per heavy atom. The van der Waals surface area contributed by atoms with E-state index in [2.05, 4.69) is 0 Å². The average Bonchev–Trinajstić information content (AvgIpc) is 2.64. The van der Waals surface area contributed by atoms with Gasteiger partial charge in [-0.2, -0.15) is 0 Å². The lowest BCUT2D eigenvalue weighted by Crippen LogP contribution is -2.11. The SMILES string of the molecule is CCCc1c(OCCCSc2ccccc2Cl)ccc(C(C)=O)c1OC(C)=O. The lowest BCUT2D eigenvalue weighted by molar-refractivity contribution is -0.131. The predicted octanol–water partition coefficient (Wildman–Crippen LogP) is 5.98. The maximum Gasteiger partial charge on any atom is 0.308 e. The molecule has 0 unspecified atom stereocenters. The Kier molecular flexibility index (Phi) is 8.87. The molecule has 0 aliphatic rings. The molecule has 0 N–H and O–H groups in total. The third-order valence-electron chi connectivity index (χ3n) is 3.98. The minimum atomic E-state index is -0.451. The van der Waals surface area contributed by atoms with Crippen molar-refractivity contribution in [1.82, 2.24) is 0 Å². The van der Waals surface area contributed by atoms with Crippen molar-refractivity contribution in [3.05, 3.63) is 52.5 Å². The Morgan fingerprint density at radius 3 is 2.50 bits per heavy atom. The summed E-state index contributed by atoms with van der Waals surface area (Å²) in [6, 6.07) is 11.2. The van der Waals surface area contributed by atoms with Crippen LogP contribution in [0.25, 0.3) is 0 Å². The number of rotatable bonds is 10. The van der Waals surface area contributed by atoms with Crippen LogP contribution in [-0.4, -0.2) is 24.1 Å². The summed E-state index contributed by atoms with van der Waals surface area (Å²) in [6.07, 6.45) is 2.33. The van der Waals surface area contributed by atoms with E-state index in [0.717, 1.165) is 34.1 Å². The van der Waals surface area contributed by atoms with Gasteiger partial charge in [-0.25, -0.2) is 0 Å². The number of benzene rings is 2. The Bertz CT molecular complexity index is 835. The van der Waals surface area contributed by atoms with Gasteiger partial charge in [-0.1, -0.05) is 37.1 Å². The van der Waals surface area contributed by atoms with Crippen molar-refractivity contribution in [1.29, 1.82) is 0 Å². The van der Waals surface area contributed by atoms with Crippen molar-refractivity contribution >= 4 is 35.1 Å². The number of Topliss-reactive ketones (excluding diaryl/α,β-unsaturated/α-hetero) is 1. The zero-order chi connectivity index (χ0) is 20.5. The second-order valence-corrected chi connectivity index (χ2v) is 7.84. The molecule has 0 aliphatic heterocycles. The molecule has 4 nitrogen and oxygen atoms in total. The van der Waals surface area contributed by atoms with Gasteiger partial charge in [0.25, 0.3) is 0 Å². The minimum absolute atomic E-state index is 0.142. The lowest BCUT2D eigenvalue weighted by Gasteiger charge is -2.17. The van der Waals surface area contributed by atoms with Crippen LogP contribution in [-0.2, 0) is 11.2 Å². The van der Waals surface area contributed by atoms with E-state index < -0.39 is 5.97 Å². The molecule has 2 rings (SSSR count). The van der Waals surface area contributed by atoms with Crippen molar-refractivity contribution in [2.45, 2.75) is 44.9 Å². The fraction of sp³-hybridized carbons (Fsp3) is 0.364. The molecule has 0 saturated carbocycles. The topological polar surface area (TPSA) is 52.6 Å². The molecule has 0 radical (unpaired) electrons. The van der Waals surface area contributed by atoms with E-state index in [1.54, 1.807) is 23.9 Å². The number of ketones is 1. The molecule has 6 heteroatoms. The number of carbonyl (C=O) groups is 2. The number of halogens is 1. The average molecular weight is 421 g/mol. The summed E-state index contributed by atoms with van der Waals surface area (Å²) in [4.78, 5) is 24.5. The van der Waals surface area contributed by atoms with Gasteiger partial charge in [0.05, 0.1) is 17.2 Å². The first kappa shape index (κ1) is 22.3. The van der Waals surface area contributed by atoms with Gasteiger partial charge in [0, 0.05) is 23.1 Å². The van der Waals surface area contributed by atoms with Crippen molar-refractivity contribution in [3.63, 3.8) is 0 Å². The van der Waals surface area contributed by atoms with E-state index in [4.69, 9.17) is 21.1 Å². The highest BCUT2D eigenvalue weighted by atomic mass is 35.5. The van der Waals surface area contributed by atoms with Crippen LogP contribution in [0.15, 0.2) is 41.3 Å². The maximum absolute atomic E-state index is 11.9. The van der Waals surface area contributed by atoms with E-state index in [9.17, 15) is 9.59 Å². The van der Waals surface area contributed by atoms with Gasteiger partial charge in [0.15, 0.2) is 5.78 Å². The lowest BCUT2D eigenvalue weighted by atomic mass is 10.0. The zero-order valence-corrected chi connectivity index (χ0v) is 18.0. The second-order valence-electron chi connectivity index (χ2n) is 6.30. The van der Waals surface area contributed by atoms with Crippen LogP contribution in [0.2, 0.25) is 5.02 Å². The molecular formula is C22H25ClO4S. The van der Waals surface area contributed by atoms with Crippen LogP contribution in [0.1, 0.15) is 49.5 Å². The van der Waals surface area contributed by atoms with Crippen LogP contribution in [0, 0.1) is 0 Å². The molecule has 2 aromatic rings. The number of thioether (sulfide) groups is 1. The fourth-order valence-electron chi connectivity index (χ4n) is 2.75. The molecule has 0 atom stereocenters.